The lowest BCUT2D eigenvalue weighted by molar-refractivity contribution is -0.384. The van der Waals surface area contributed by atoms with Crippen molar-refractivity contribution < 1.29 is 9.66 Å². The number of hydrogen-bond acceptors (Lipinski definition) is 5. The molecular formula is C14H15N3O3. The van der Waals surface area contributed by atoms with E-state index in [-0.39, 0.29) is 5.69 Å². The number of aryl methyl sites for hydroxylation is 1. The molecule has 1 heterocycles. The lowest BCUT2D eigenvalue weighted by atomic mass is 10.2. The molecule has 20 heavy (non-hydrogen) atoms. The first-order valence-electron chi connectivity index (χ1n) is 6.03. The van der Waals surface area contributed by atoms with Crippen molar-refractivity contribution in [2.45, 2.75) is 6.92 Å². The summed E-state index contributed by atoms with van der Waals surface area (Å²) in [6.07, 6.45) is 1.62. The Labute approximate surface area is 116 Å². The van der Waals surface area contributed by atoms with E-state index in [2.05, 4.69) is 4.98 Å². The minimum atomic E-state index is -0.426. The molecule has 0 unspecified atom stereocenters. The smallest absolute Gasteiger partial charge is 0.269 e. The molecule has 2 rings (SSSR count). The largest absolute Gasteiger partial charge is 0.455 e. The summed E-state index contributed by atoms with van der Waals surface area (Å²) in [5, 5.41) is 10.7. The summed E-state index contributed by atoms with van der Waals surface area (Å²) in [6.45, 7) is 1.77. The minimum absolute atomic E-state index is 0.0518. The van der Waals surface area contributed by atoms with Gasteiger partial charge in [-0.05, 0) is 30.7 Å². The van der Waals surface area contributed by atoms with Crippen molar-refractivity contribution in [1.82, 2.24) is 4.98 Å². The first kappa shape index (κ1) is 13.8. The van der Waals surface area contributed by atoms with Gasteiger partial charge < -0.3 is 9.64 Å². The van der Waals surface area contributed by atoms with E-state index in [4.69, 9.17) is 4.74 Å². The number of ether oxygens (including phenoxy) is 1. The number of anilines is 1. The number of nitro groups is 1. The maximum absolute atomic E-state index is 10.7. The molecule has 0 aliphatic heterocycles. The molecule has 0 amide bonds. The highest BCUT2D eigenvalue weighted by atomic mass is 16.6. The minimum Gasteiger partial charge on any atom is -0.455 e. The zero-order valence-electron chi connectivity index (χ0n) is 11.5. The third kappa shape index (κ3) is 3.03. The number of hydrogen-bond donors (Lipinski definition) is 0. The molecule has 1 aromatic heterocycles. The van der Waals surface area contributed by atoms with Crippen LogP contribution in [0, 0.1) is 17.0 Å². The average molecular weight is 273 g/mol. The normalized spacial score (nSPS) is 10.2. The highest BCUT2D eigenvalue weighted by molar-refractivity contribution is 5.45. The second-order valence-electron chi connectivity index (χ2n) is 4.56. The van der Waals surface area contributed by atoms with Crippen LogP contribution in [-0.2, 0) is 0 Å². The number of nitro benzene ring substituents is 1. The molecule has 0 fully saturated rings. The molecule has 0 saturated heterocycles. The molecule has 6 heteroatoms. The van der Waals surface area contributed by atoms with Crippen LogP contribution in [0.4, 0.5) is 11.5 Å². The number of aromatic nitrogens is 1. The second kappa shape index (κ2) is 5.56. The van der Waals surface area contributed by atoms with Gasteiger partial charge in [-0.2, -0.15) is 0 Å². The van der Waals surface area contributed by atoms with Crippen LogP contribution >= 0.6 is 0 Å². The van der Waals surface area contributed by atoms with Crippen molar-refractivity contribution in [3.63, 3.8) is 0 Å². The first-order valence-corrected chi connectivity index (χ1v) is 6.03. The summed E-state index contributed by atoms with van der Waals surface area (Å²) in [6, 6.07) is 8.15. The van der Waals surface area contributed by atoms with E-state index < -0.39 is 4.92 Å². The SMILES string of the molecule is Cc1cc([N+](=O)[O-])ccc1Oc1ccc(N(C)C)nc1. The van der Waals surface area contributed by atoms with E-state index in [9.17, 15) is 10.1 Å². The van der Waals surface area contributed by atoms with Crippen molar-refractivity contribution in [3.8, 4) is 11.5 Å². The summed E-state index contributed by atoms with van der Waals surface area (Å²) in [5.74, 6) is 2.00. The Morgan fingerprint density at radius 3 is 2.50 bits per heavy atom. The van der Waals surface area contributed by atoms with Crippen molar-refractivity contribution in [1.29, 1.82) is 0 Å². The van der Waals surface area contributed by atoms with Gasteiger partial charge in [0.15, 0.2) is 0 Å². The molecule has 0 saturated carbocycles. The van der Waals surface area contributed by atoms with Crippen LogP contribution in [0.1, 0.15) is 5.56 Å². The third-order valence-electron chi connectivity index (χ3n) is 2.78. The Morgan fingerprint density at radius 1 is 1.25 bits per heavy atom. The maximum Gasteiger partial charge on any atom is 0.269 e. The zero-order valence-corrected chi connectivity index (χ0v) is 11.5. The van der Waals surface area contributed by atoms with Gasteiger partial charge in [0, 0.05) is 26.2 Å². The monoisotopic (exact) mass is 273 g/mol. The molecule has 6 nitrogen and oxygen atoms in total. The van der Waals surface area contributed by atoms with E-state index in [1.54, 1.807) is 19.2 Å². The lowest BCUT2D eigenvalue weighted by Gasteiger charge is -2.12. The molecule has 104 valence electrons. The quantitative estimate of drug-likeness (QED) is 0.632. The predicted octanol–water partition coefficient (Wildman–Crippen LogP) is 3.16. The number of non-ortho nitro benzene ring substituents is 1. The highest BCUT2D eigenvalue weighted by Gasteiger charge is 2.09. The fraction of sp³-hybridized carbons (Fsp3) is 0.214. The third-order valence-corrected chi connectivity index (χ3v) is 2.78. The number of rotatable bonds is 4. The standard InChI is InChI=1S/C14H15N3O3/c1-10-8-11(17(18)19)4-6-13(10)20-12-5-7-14(15-9-12)16(2)3/h4-9H,1-3H3. The van der Waals surface area contributed by atoms with Crippen LogP contribution in [-0.4, -0.2) is 24.0 Å². The van der Waals surface area contributed by atoms with E-state index in [0.29, 0.717) is 17.1 Å². The van der Waals surface area contributed by atoms with E-state index in [0.717, 1.165) is 5.82 Å². The van der Waals surface area contributed by atoms with Gasteiger partial charge in [-0.1, -0.05) is 0 Å². The Bertz CT molecular complexity index is 624. The summed E-state index contributed by atoms with van der Waals surface area (Å²) < 4.78 is 5.67. The first-order chi connectivity index (χ1) is 9.47. The molecule has 0 atom stereocenters. The number of pyridine rings is 1. The number of benzene rings is 1. The van der Waals surface area contributed by atoms with Gasteiger partial charge >= 0.3 is 0 Å². The summed E-state index contributed by atoms with van der Waals surface area (Å²) in [5.41, 5.74) is 0.756. The van der Waals surface area contributed by atoms with Crippen LogP contribution in [0.5, 0.6) is 11.5 Å². The van der Waals surface area contributed by atoms with Gasteiger partial charge in [0.05, 0.1) is 11.1 Å². The molecule has 0 spiro atoms. The molecule has 2 aromatic rings. The van der Waals surface area contributed by atoms with Crippen LogP contribution in [0.25, 0.3) is 0 Å². The van der Waals surface area contributed by atoms with E-state index in [1.165, 1.54) is 12.1 Å². The van der Waals surface area contributed by atoms with Crippen molar-refractivity contribution in [3.05, 3.63) is 52.2 Å². The van der Waals surface area contributed by atoms with Gasteiger partial charge in [0.25, 0.3) is 5.69 Å². The van der Waals surface area contributed by atoms with Gasteiger partial charge in [-0.3, -0.25) is 10.1 Å². The Kier molecular flexibility index (Phi) is 3.84. The maximum atomic E-state index is 10.7. The second-order valence-corrected chi connectivity index (χ2v) is 4.56. The van der Waals surface area contributed by atoms with E-state index >= 15 is 0 Å². The molecule has 1 aromatic carbocycles. The van der Waals surface area contributed by atoms with Gasteiger partial charge in [-0.25, -0.2) is 4.98 Å². The summed E-state index contributed by atoms with van der Waals surface area (Å²) in [7, 11) is 3.81. The fourth-order valence-electron chi connectivity index (χ4n) is 1.69. The molecule has 0 bridgehead atoms. The van der Waals surface area contributed by atoms with Crippen LogP contribution < -0.4 is 9.64 Å². The van der Waals surface area contributed by atoms with Crippen molar-refractivity contribution in [2.24, 2.45) is 0 Å². The average Bonchev–Trinajstić information content (AvgIpc) is 2.41. The highest BCUT2D eigenvalue weighted by Crippen LogP contribution is 2.28. The van der Waals surface area contributed by atoms with E-state index in [1.807, 2.05) is 31.1 Å². The van der Waals surface area contributed by atoms with Crippen molar-refractivity contribution >= 4 is 11.5 Å². The molecule has 0 aliphatic carbocycles. The Balaban J connectivity index is 2.19. The Hall–Kier alpha value is -2.63. The molecule has 0 N–H and O–H groups in total. The van der Waals surface area contributed by atoms with Crippen LogP contribution in [0.15, 0.2) is 36.5 Å². The lowest BCUT2D eigenvalue weighted by Crippen LogP contribution is -2.09. The molecule has 0 radical (unpaired) electrons. The van der Waals surface area contributed by atoms with Crippen LogP contribution in [0.2, 0.25) is 0 Å². The summed E-state index contributed by atoms with van der Waals surface area (Å²) >= 11 is 0. The van der Waals surface area contributed by atoms with Gasteiger partial charge in [0.2, 0.25) is 0 Å². The zero-order chi connectivity index (χ0) is 14.7. The summed E-state index contributed by atoms with van der Waals surface area (Å²) in [4.78, 5) is 16.4. The fourth-order valence-corrected chi connectivity index (χ4v) is 1.69. The van der Waals surface area contributed by atoms with Crippen LogP contribution in [0.3, 0.4) is 0 Å². The number of nitrogens with zero attached hydrogens (tertiary/aromatic N) is 3. The topological polar surface area (TPSA) is 68.5 Å². The van der Waals surface area contributed by atoms with Crippen molar-refractivity contribution in [2.75, 3.05) is 19.0 Å². The van der Waals surface area contributed by atoms with Gasteiger partial charge in [-0.15, -0.1) is 0 Å². The Morgan fingerprint density at radius 2 is 2.00 bits per heavy atom. The predicted molar refractivity (Wildman–Crippen MR) is 76.5 cm³/mol. The molecular weight excluding hydrogens is 258 g/mol. The molecule has 0 aliphatic rings. The van der Waals surface area contributed by atoms with Gasteiger partial charge in [0.1, 0.15) is 17.3 Å².